The van der Waals surface area contributed by atoms with Gasteiger partial charge >= 0.3 is 11.9 Å². The second-order valence-electron chi connectivity index (χ2n) is 8.66. The molecule has 0 spiro atoms. The molecule has 1 aromatic carbocycles. The fourth-order valence-corrected chi connectivity index (χ4v) is 3.89. The normalized spacial score (nSPS) is 14.0. The number of aromatic hydroxyl groups is 1. The van der Waals surface area contributed by atoms with E-state index in [1.54, 1.807) is 6.26 Å². The molecule has 0 aromatic heterocycles. The van der Waals surface area contributed by atoms with Crippen LogP contribution in [0.1, 0.15) is 37.7 Å². The summed E-state index contributed by atoms with van der Waals surface area (Å²) in [7, 11) is 0. The summed E-state index contributed by atoms with van der Waals surface area (Å²) in [6, 6.07) is 0.675. The van der Waals surface area contributed by atoms with E-state index >= 15 is 0 Å². The first kappa shape index (κ1) is 32.7. The van der Waals surface area contributed by atoms with Gasteiger partial charge in [0.05, 0.1) is 12.5 Å². The highest BCUT2D eigenvalue weighted by Gasteiger charge is 2.31. The lowest BCUT2D eigenvalue weighted by molar-refractivity contribution is -0.143. The predicted octanol–water partition coefficient (Wildman–Crippen LogP) is -0.842. The first-order valence-corrected chi connectivity index (χ1v) is 13.5. The van der Waals surface area contributed by atoms with Gasteiger partial charge in [0.2, 0.25) is 17.7 Å². The Kier molecular flexibility index (Phi) is 14.8. The fourth-order valence-electron chi connectivity index (χ4n) is 3.42. The Hall–Kier alpha value is -3.36. The molecule has 0 radical (unpaired) electrons. The third-order valence-electron chi connectivity index (χ3n) is 5.55. The maximum absolute atomic E-state index is 13.0. The molecular formula is C24H37N5O8S. The third kappa shape index (κ3) is 12.3. The number of nitrogens with one attached hydrogen (secondary N) is 3. The number of carbonyl (C=O) groups excluding carboxylic acids is 3. The van der Waals surface area contributed by atoms with Crippen molar-refractivity contribution in [2.45, 2.75) is 62.7 Å². The highest BCUT2D eigenvalue weighted by atomic mass is 32.2. The Morgan fingerprint density at radius 2 is 1.45 bits per heavy atom. The molecule has 0 saturated heterocycles. The number of thioether (sulfide) groups is 1. The van der Waals surface area contributed by atoms with Crippen molar-refractivity contribution < 1.29 is 39.3 Å². The van der Waals surface area contributed by atoms with Gasteiger partial charge in [0, 0.05) is 6.42 Å². The molecule has 0 saturated carbocycles. The average molecular weight is 556 g/mol. The van der Waals surface area contributed by atoms with E-state index < -0.39 is 60.2 Å². The van der Waals surface area contributed by atoms with Gasteiger partial charge in [0.15, 0.2) is 0 Å². The van der Waals surface area contributed by atoms with Crippen molar-refractivity contribution in [3.63, 3.8) is 0 Å². The van der Waals surface area contributed by atoms with Crippen LogP contribution in [-0.4, -0.2) is 87.7 Å². The van der Waals surface area contributed by atoms with Crippen molar-refractivity contribution in [1.82, 2.24) is 16.0 Å². The van der Waals surface area contributed by atoms with Crippen LogP contribution in [0.2, 0.25) is 0 Å². The number of carboxylic acid groups (broad SMARTS) is 2. The molecule has 0 heterocycles. The SMILES string of the molecule is CSCCC(NC(=O)C(N)CCCCN)C(=O)NC(CC(=O)O)C(=O)NC(Cc1ccc(O)cc1)C(=O)O. The Morgan fingerprint density at radius 3 is 2.00 bits per heavy atom. The van der Waals surface area contributed by atoms with Gasteiger partial charge in [0.25, 0.3) is 0 Å². The van der Waals surface area contributed by atoms with Crippen LogP contribution in [0.15, 0.2) is 24.3 Å². The van der Waals surface area contributed by atoms with Crippen LogP contribution in [0.3, 0.4) is 0 Å². The van der Waals surface area contributed by atoms with Crippen LogP contribution >= 0.6 is 11.8 Å². The Morgan fingerprint density at radius 1 is 0.868 bits per heavy atom. The Balaban J connectivity index is 2.96. The van der Waals surface area contributed by atoms with Gasteiger partial charge in [-0.15, -0.1) is 0 Å². The number of carbonyl (C=O) groups is 5. The fraction of sp³-hybridized carbons (Fsp3) is 0.542. The van der Waals surface area contributed by atoms with Gasteiger partial charge in [-0.25, -0.2) is 4.79 Å². The zero-order chi connectivity index (χ0) is 28.7. The van der Waals surface area contributed by atoms with Crippen molar-refractivity contribution in [3.8, 4) is 5.75 Å². The summed E-state index contributed by atoms with van der Waals surface area (Å²) in [5.74, 6) is -4.70. The number of carboxylic acids is 2. The summed E-state index contributed by atoms with van der Waals surface area (Å²) in [6.07, 6.45) is 2.70. The topological polar surface area (TPSA) is 234 Å². The molecule has 212 valence electrons. The van der Waals surface area contributed by atoms with Gasteiger partial charge in [0.1, 0.15) is 23.9 Å². The highest BCUT2D eigenvalue weighted by molar-refractivity contribution is 7.98. The van der Waals surface area contributed by atoms with Crippen LogP contribution in [0.25, 0.3) is 0 Å². The van der Waals surface area contributed by atoms with Gasteiger partial charge in [-0.2, -0.15) is 11.8 Å². The van der Waals surface area contributed by atoms with E-state index in [0.29, 0.717) is 37.1 Å². The van der Waals surface area contributed by atoms with E-state index in [1.165, 1.54) is 36.0 Å². The molecule has 0 aliphatic heterocycles. The van der Waals surface area contributed by atoms with E-state index in [4.69, 9.17) is 11.5 Å². The number of unbranched alkanes of at least 4 members (excludes halogenated alkanes) is 1. The first-order valence-electron chi connectivity index (χ1n) is 12.1. The molecular weight excluding hydrogens is 518 g/mol. The minimum atomic E-state index is -1.60. The predicted molar refractivity (Wildman–Crippen MR) is 141 cm³/mol. The number of aliphatic carboxylic acids is 2. The smallest absolute Gasteiger partial charge is 0.326 e. The van der Waals surface area contributed by atoms with E-state index in [2.05, 4.69) is 16.0 Å². The largest absolute Gasteiger partial charge is 0.508 e. The lowest BCUT2D eigenvalue weighted by atomic mass is 10.0. The summed E-state index contributed by atoms with van der Waals surface area (Å²) in [5, 5.41) is 35.4. The third-order valence-corrected chi connectivity index (χ3v) is 6.20. The van der Waals surface area contributed by atoms with Gasteiger partial charge in [-0.3, -0.25) is 19.2 Å². The van der Waals surface area contributed by atoms with Crippen LogP contribution in [-0.2, 0) is 30.4 Å². The zero-order valence-electron chi connectivity index (χ0n) is 21.2. The number of nitrogens with two attached hydrogens (primary N) is 2. The number of phenols is 1. The molecule has 0 aliphatic rings. The van der Waals surface area contributed by atoms with Crippen LogP contribution in [0, 0.1) is 0 Å². The summed E-state index contributed by atoms with van der Waals surface area (Å²) in [4.78, 5) is 61.5. The maximum Gasteiger partial charge on any atom is 0.326 e. The number of hydrogen-bond acceptors (Lipinski definition) is 9. The summed E-state index contributed by atoms with van der Waals surface area (Å²) >= 11 is 1.42. The maximum atomic E-state index is 13.0. The van der Waals surface area contributed by atoms with Crippen LogP contribution in [0.5, 0.6) is 5.75 Å². The van der Waals surface area contributed by atoms with Crippen molar-refractivity contribution in [1.29, 1.82) is 0 Å². The molecule has 4 unspecified atom stereocenters. The van der Waals surface area contributed by atoms with E-state index in [1.807, 2.05) is 0 Å². The second kappa shape index (κ2) is 17.2. The highest BCUT2D eigenvalue weighted by Crippen LogP contribution is 2.12. The Labute approximate surface area is 225 Å². The summed E-state index contributed by atoms with van der Waals surface area (Å²) in [5.41, 5.74) is 11.9. The molecule has 14 heteroatoms. The minimum Gasteiger partial charge on any atom is -0.508 e. The molecule has 1 rings (SSSR count). The van der Waals surface area contributed by atoms with Crippen molar-refractivity contribution >= 4 is 41.4 Å². The Bertz CT molecular complexity index is 946. The molecule has 0 bridgehead atoms. The van der Waals surface area contributed by atoms with E-state index in [-0.39, 0.29) is 18.6 Å². The van der Waals surface area contributed by atoms with E-state index in [0.717, 1.165) is 0 Å². The lowest BCUT2D eigenvalue weighted by Gasteiger charge is -2.24. The number of phenolic OH excluding ortho intramolecular Hbond substituents is 1. The van der Waals surface area contributed by atoms with Crippen molar-refractivity contribution in [2.75, 3.05) is 18.6 Å². The quantitative estimate of drug-likeness (QED) is 0.104. The number of amides is 3. The first-order chi connectivity index (χ1) is 18.0. The van der Waals surface area contributed by atoms with Crippen molar-refractivity contribution in [3.05, 3.63) is 29.8 Å². The molecule has 3 amide bonds. The molecule has 4 atom stereocenters. The van der Waals surface area contributed by atoms with Gasteiger partial charge in [-0.05, 0) is 55.5 Å². The molecule has 10 N–H and O–H groups in total. The lowest BCUT2D eigenvalue weighted by Crippen LogP contribution is -2.57. The zero-order valence-corrected chi connectivity index (χ0v) is 22.0. The van der Waals surface area contributed by atoms with Gasteiger partial charge < -0.3 is 42.7 Å². The van der Waals surface area contributed by atoms with Crippen molar-refractivity contribution in [2.24, 2.45) is 11.5 Å². The molecule has 0 fully saturated rings. The second-order valence-corrected chi connectivity index (χ2v) is 9.65. The summed E-state index contributed by atoms with van der Waals surface area (Å²) in [6.45, 7) is 0.456. The number of hydrogen-bond donors (Lipinski definition) is 8. The number of rotatable bonds is 18. The number of benzene rings is 1. The monoisotopic (exact) mass is 555 g/mol. The molecule has 0 aliphatic carbocycles. The molecule has 13 nitrogen and oxygen atoms in total. The van der Waals surface area contributed by atoms with Gasteiger partial charge in [-0.1, -0.05) is 18.6 Å². The minimum absolute atomic E-state index is 0.0199. The van der Waals surface area contributed by atoms with Crippen LogP contribution < -0.4 is 27.4 Å². The standard InChI is InChI=1S/C24H37N5O8S/c1-38-11-9-17(27-21(33)16(26)4-2-3-10-25)22(34)28-18(13-20(31)32)23(35)29-19(24(36)37)12-14-5-7-15(30)8-6-14/h5-8,16-19,30H,2-4,9-13,25-26H2,1H3,(H,27,33)(H,28,34)(H,29,35)(H,31,32)(H,36,37). The average Bonchev–Trinajstić information content (AvgIpc) is 2.86. The van der Waals surface area contributed by atoms with Crippen LogP contribution in [0.4, 0.5) is 0 Å². The van der Waals surface area contributed by atoms with E-state index in [9.17, 15) is 39.3 Å². The molecule has 1 aromatic rings. The summed E-state index contributed by atoms with van der Waals surface area (Å²) < 4.78 is 0. The molecule has 38 heavy (non-hydrogen) atoms.